The van der Waals surface area contributed by atoms with Gasteiger partial charge in [-0.05, 0) is 55.3 Å². The highest BCUT2D eigenvalue weighted by Gasteiger charge is 2.15. The molecular weight excluding hydrogens is 532 g/mol. The van der Waals surface area contributed by atoms with Gasteiger partial charge in [0.25, 0.3) is 0 Å². The molecule has 1 amide bonds. The Morgan fingerprint density at radius 2 is 1.76 bits per heavy atom. The Morgan fingerprint density at radius 3 is 2.55 bits per heavy atom. The first-order valence-electron chi connectivity index (χ1n) is 13.9. The van der Waals surface area contributed by atoms with Gasteiger partial charge in [-0.15, -0.1) is 0 Å². The molecule has 1 aliphatic heterocycles. The van der Waals surface area contributed by atoms with Crippen LogP contribution in [-0.4, -0.2) is 55.2 Å². The van der Waals surface area contributed by atoms with Gasteiger partial charge < -0.3 is 19.1 Å². The van der Waals surface area contributed by atoms with Crippen molar-refractivity contribution in [3.63, 3.8) is 0 Å². The predicted molar refractivity (Wildman–Crippen MR) is 164 cm³/mol. The minimum Gasteiger partial charge on any atom is -0.457 e. The molecule has 42 heavy (non-hydrogen) atoms. The predicted octanol–water partition coefficient (Wildman–Crippen LogP) is 6.04. The number of hydrazone groups is 1. The van der Waals surface area contributed by atoms with Crippen molar-refractivity contribution in [1.29, 1.82) is 0 Å². The van der Waals surface area contributed by atoms with Gasteiger partial charge in [-0.25, -0.2) is 14.8 Å². The zero-order valence-electron chi connectivity index (χ0n) is 23.5. The fourth-order valence-electron chi connectivity index (χ4n) is 4.31. The topological polar surface area (TPSA) is 110 Å². The van der Waals surface area contributed by atoms with Crippen LogP contribution in [0, 0.1) is 6.92 Å². The van der Waals surface area contributed by atoms with Gasteiger partial charge in [0.2, 0.25) is 0 Å². The average Bonchev–Trinajstić information content (AvgIpc) is 3.01. The molecule has 1 aromatic heterocycles. The Kier molecular flexibility index (Phi) is 9.93. The molecule has 2 heterocycles. The fourth-order valence-corrected chi connectivity index (χ4v) is 4.31. The minimum absolute atomic E-state index is 0.223. The number of aryl methyl sites for hydroxylation is 2. The maximum Gasteiger partial charge on any atom is 0.411 e. The van der Waals surface area contributed by atoms with E-state index in [2.05, 4.69) is 31.8 Å². The van der Waals surface area contributed by atoms with Gasteiger partial charge in [0.1, 0.15) is 23.1 Å². The minimum atomic E-state index is -0.525. The third-order valence-corrected chi connectivity index (χ3v) is 6.39. The van der Waals surface area contributed by atoms with E-state index in [1.807, 2.05) is 61.5 Å². The molecule has 0 spiro atoms. The van der Waals surface area contributed by atoms with E-state index in [1.165, 1.54) is 5.56 Å². The van der Waals surface area contributed by atoms with Crippen LogP contribution in [0.3, 0.4) is 0 Å². The van der Waals surface area contributed by atoms with E-state index >= 15 is 0 Å². The van der Waals surface area contributed by atoms with Crippen LogP contribution >= 0.6 is 0 Å². The van der Waals surface area contributed by atoms with Gasteiger partial charge in [-0.3, -0.25) is 10.7 Å². The zero-order valence-corrected chi connectivity index (χ0v) is 23.5. The number of carbonyl (C=O) groups is 1. The Bertz CT molecular complexity index is 1470. The maximum absolute atomic E-state index is 12.3. The van der Waals surface area contributed by atoms with Crippen molar-refractivity contribution in [3.8, 4) is 11.5 Å². The van der Waals surface area contributed by atoms with Crippen LogP contribution in [0.5, 0.6) is 11.5 Å². The smallest absolute Gasteiger partial charge is 0.411 e. The first-order chi connectivity index (χ1) is 20.6. The summed E-state index contributed by atoms with van der Waals surface area (Å²) in [4.78, 5) is 23.9. The van der Waals surface area contributed by atoms with Crippen LogP contribution < -0.4 is 20.4 Å². The molecule has 0 radical (unpaired) electrons. The van der Waals surface area contributed by atoms with Gasteiger partial charge >= 0.3 is 6.09 Å². The van der Waals surface area contributed by atoms with E-state index < -0.39 is 6.09 Å². The lowest BCUT2D eigenvalue weighted by Crippen LogP contribution is -2.37. The van der Waals surface area contributed by atoms with E-state index in [-0.39, 0.29) is 6.61 Å². The number of amides is 1. The largest absolute Gasteiger partial charge is 0.457 e. The van der Waals surface area contributed by atoms with E-state index in [9.17, 15) is 4.79 Å². The van der Waals surface area contributed by atoms with Gasteiger partial charge in [-0.1, -0.05) is 48.0 Å². The highest BCUT2D eigenvalue weighted by molar-refractivity contribution is 5.84. The number of nitrogens with one attached hydrogen (secondary N) is 2. The van der Waals surface area contributed by atoms with Crippen LogP contribution in [0.4, 0.5) is 22.1 Å². The number of benzene rings is 3. The van der Waals surface area contributed by atoms with E-state index in [4.69, 9.17) is 19.2 Å². The molecule has 0 bridgehead atoms. The zero-order chi connectivity index (χ0) is 29.0. The van der Waals surface area contributed by atoms with E-state index in [1.54, 1.807) is 30.5 Å². The summed E-state index contributed by atoms with van der Waals surface area (Å²) in [6, 6.07) is 26.6. The summed E-state index contributed by atoms with van der Waals surface area (Å²) in [5.74, 6) is 3.48. The summed E-state index contributed by atoms with van der Waals surface area (Å²) in [6.45, 7) is 5.08. The van der Waals surface area contributed by atoms with Crippen LogP contribution in [0.2, 0.25) is 0 Å². The number of ether oxygens (including phenoxy) is 3. The van der Waals surface area contributed by atoms with Crippen molar-refractivity contribution in [2.45, 2.75) is 19.8 Å². The normalized spacial score (nSPS) is 13.1. The molecule has 2 N–H and O–H groups in total. The summed E-state index contributed by atoms with van der Waals surface area (Å²) >= 11 is 0. The number of para-hydroxylation sites is 1. The summed E-state index contributed by atoms with van der Waals surface area (Å²) in [5.41, 5.74) is 5.82. The van der Waals surface area contributed by atoms with Gasteiger partial charge in [0, 0.05) is 31.3 Å². The first-order valence-corrected chi connectivity index (χ1v) is 13.9. The average molecular weight is 567 g/mol. The highest BCUT2D eigenvalue weighted by atomic mass is 16.5. The lowest BCUT2D eigenvalue weighted by atomic mass is 10.2. The van der Waals surface area contributed by atoms with Crippen LogP contribution in [0.1, 0.15) is 23.4 Å². The monoisotopic (exact) mass is 566 g/mol. The first kappa shape index (κ1) is 28.6. The lowest BCUT2D eigenvalue weighted by Gasteiger charge is -2.28. The van der Waals surface area contributed by atoms with Crippen molar-refractivity contribution < 1.29 is 19.0 Å². The summed E-state index contributed by atoms with van der Waals surface area (Å²) in [5, 5.41) is 7.11. The fraction of sp³-hybridized carbons (Fsp3) is 0.250. The third-order valence-electron chi connectivity index (χ3n) is 6.39. The molecule has 0 atom stereocenters. The summed E-state index contributed by atoms with van der Waals surface area (Å²) in [6.07, 6.45) is 2.34. The number of anilines is 3. The second kappa shape index (κ2) is 14.6. The maximum atomic E-state index is 12.3. The SMILES string of the molecule is Cc1cccc(/C=N/Nc2cc(N3CCOCC3)nc(CCCOC(=O)Nc3ccc(Oc4ccccc4)cc3)n2)c1. The van der Waals surface area contributed by atoms with E-state index in [0.29, 0.717) is 49.1 Å². The van der Waals surface area contributed by atoms with Gasteiger partial charge in [-0.2, -0.15) is 5.10 Å². The highest BCUT2D eigenvalue weighted by Crippen LogP contribution is 2.23. The molecule has 1 aliphatic rings. The molecule has 4 aromatic rings. The van der Waals surface area contributed by atoms with Gasteiger partial charge in [0.05, 0.1) is 26.0 Å². The molecular formula is C32H34N6O4. The second-order valence-electron chi connectivity index (χ2n) is 9.72. The molecule has 5 rings (SSSR count). The lowest BCUT2D eigenvalue weighted by molar-refractivity contribution is 0.122. The Morgan fingerprint density at radius 1 is 0.976 bits per heavy atom. The summed E-state index contributed by atoms with van der Waals surface area (Å²) in [7, 11) is 0. The molecule has 10 heteroatoms. The Labute approximate surface area is 245 Å². The van der Waals surface area contributed by atoms with Crippen LogP contribution in [-0.2, 0) is 15.9 Å². The quantitative estimate of drug-likeness (QED) is 0.128. The molecule has 216 valence electrons. The Balaban J connectivity index is 1.12. The molecule has 0 aliphatic carbocycles. The molecule has 1 fully saturated rings. The standard InChI is InChI=1S/C32H34N6O4/c1-24-7-5-8-25(21-24)23-33-37-30-22-31(38-16-19-40-20-17-38)36-29(35-30)11-6-18-41-32(39)34-26-12-14-28(15-13-26)42-27-9-3-2-4-10-27/h2-5,7-10,12-15,21-23H,6,11,16-20H2,1H3,(H,34,39)(H,35,36,37)/b33-23+. The molecule has 0 saturated carbocycles. The number of carbonyl (C=O) groups excluding carboxylic acids is 1. The van der Waals surface area contributed by atoms with Crippen LogP contribution in [0.25, 0.3) is 0 Å². The number of rotatable bonds is 11. The Hall–Kier alpha value is -4.96. The molecule has 1 saturated heterocycles. The number of aromatic nitrogens is 2. The number of morpholine rings is 1. The molecule has 10 nitrogen and oxygen atoms in total. The second-order valence-corrected chi connectivity index (χ2v) is 9.72. The number of hydrogen-bond donors (Lipinski definition) is 2. The van der Waals surface area contributed by atoms with E-state index in [0.717, 1.165) is 30.2 Å². The number of hydrogen-bond acceptors (Lipinski definition) is 9. The van der Waals surface area contributed by atoms with Crippen molar-refractivity contribution in [3.05, 3.63) is 102 Å². The third kappa shape index (κ3) is 8.77. The summed E-state index contributed by atoms with van der Waals surface area (Å²) < 4.78 is 16.7. The molecule has 3 aromatic carbocycles. The van der Waals surface area contributed by atoms with Crippen LogP contribution in [0.15, 0.2) is 90.0 Å². The number of nitrogens with zero attached hydrogens (tertiary/aromatic N) is 4. The van der Waals surface area contributed by atoms with Crippen molar-refractivity contribution >= 4 is 29.6 Å². The molecule has 0 unspecified atom stereocenters. The van der Waals surface area contributed by atoms with Crippen molar-refractivity contribution in [2.24, 2.45) is 5.10 Å². The van der Waals surface area contributed by atoms with Gasteiger partial charge in [0.15, 0.2) is 5.82 Å². The van der Waals surface area contributed by atoms with Crippen molar-refractivity contribution in [1.82, 2.24) is 9.97 Å². The van der Waals surface area contributed by atoms with Crippen molar-refractivity contribution in [2.75, 3.05) is 48.6 Å².